The standard InChI is InChI=1S/C17H22N2OS2/c1-3-6-15-16-13(12-7-4-5-8-14(12)18-16)9-11(10-20)19(15)17(21)22-2/h4-5,7-8,11,15,18,20H,3,6,9-10H2,1-2H3/t11-,15+/m1/s1. The van der Waals surface area contributed by atoms with E-state index in [-0.39, 0.29) is 18.7 Å². The number of rotatable bonds is 3. The van der Waals surface area contributed by atoms with Crippen LogP contribution in [0.15, 0.2) is 24.3 Å². The number of nitrogens with one attached hydrogen (secondary N) is 1. The number of fused-ring (bicyclic) bond motifs is 3. The second kappa shape index (κ2) is 6.60. The van der Waals surface area contributed by atoms with Crippen molar-refractivity contribution >= 4 is 39.2 Å². The van der Waals surface area contributed by atoms with Crippen LogP contribution in [0, 0.1) is 0 Å². The van der Waals surface area contributed by atoms with Gasteiger partial charge in [0.2, 0.25) is 0 Å². The van der Waals surface area contributed by atoms with Gasteiger partial charge in [0.1, 0.15) is 4.32 Å². The minimum absolute atomic E-state index is 0.0724. The van der Waals surface area contributed by atoms with Gasteiger partial charge in [0.15, 0.2) is 0 Å². The van der Waals surface area contributed by atoms with Crippen molar-refractivity contribution in [3.05, 3.63) is 35.5 Å². The van der Waals surface area contributed by atoms with Crippen molar-refractivity contribution in [3.8, 4) is 0 Å². The van der Waals surface area contributed by atoms with Crippen molar-refractivity contribution in [1.82, 2.24) is 9.88 Å². The first-order valence-electron chi connectivity index (χ1n) is 7.77. The Kier molecular flexibility index (Phi) is 4.76. The highest BCUT2D eigenvalue weighted by Gasteiger charge is 2.36. The first kappa shape index (κ1) is 15.8. The summed E-state index contributed by atoms with van der Waals surface area (Å²) < 4.78 is 0.877. The third-order valence-corrected chi connectivity index (χ3v) is 5.78. The third kappa shape index (κ3) is 2.55. The summed E-state index contributed by atoms with van der Waals surface area (Å²) in [6.45, 7) is 2.34. The summed E-state index contributed by atoms with van der Waals surface area (Å²) in [6, 6.07) is 8.75. The number of aromatic nitrogens is 1. The van der Waals surface area contributed by atoms with E-state index >= 15 is 0 Å². The first-order chi connectivity index (χ1) is 10.7. The molecule has 2 heterocycles. The highest BCUT2D eigenvalue weighted by atomic mass is 32.2. The van der Waals surface area contributed by atoms with E-state index in [0.717, 1.165) is 23.6 Å². The lowest BCUT2D eigenvalue weighted by molar-refractivity contribution is 0.134. The van der Waals surface area contributed by atoms with Crippen LogP contribution in [0.2, 0.25) is 0 Å². The molecular formula is C17H22N2OS2. The Morgan fingerprint density at radius 2 is 2.23 bits per heavy atom. The maximum atomic E-state index is 9.91. The molecule has 0 spiro atoms. The molecule has 1 aromatic heterocycles. The van der Waals surface area contributed by atoms with E-state index in [1.54, 1.807) is 11.8 Å². The van der Waals surface area contributed by atoms with Crippen molar-refractivity contribution in [2.24, 2.45) is 0 Å². The van der Waals surface area contributed by atoms with Gasteiger partial charge in [-0.1, -0.05) is 43.8 Å². The van der Waals surface area contributed by atoms with Crippen LogP contribution in [0.3, 0.4) is 0 Å². The summed E-state index contributed by atoms with van der Waals surface area (Å²) in [6.07, 6.45) is 4.99. The molecule has 0 saturated carbocycles. The van der Waals surface area contributed by atoms with Crippen LogP contribution < -0.4 is 0 Å². The second-order valence-corrected chi connectivity index (χ2v) is 7.23. The Morgan fingerprint density at radius 3 is 2.91 bits per heavy atom. The summed E-state index contributed by atoms with van der Waals surface area (Å²) in [4.78, 5) is 5.86. The van der Waals surface area contributed by atoms with E-state index < -0.39 is 0 Å². The molecule has 2 aromatic rings. The average Bonchev–Trinajstić information content (AvgIpc) is 2.92. The van der Waals surface area contributed by atoms with Crippen LogP contribution >= 0.6 is 24.0 Å². The lowest BCUT2D eigenvalue weighted by atomic mass is 9.90. The summed E-state index contributed by atoms with van der Waals surface area (Å²) in [5.41, 5.74) is 3.82. The molecule has 0 aliphatic carbocycles. The molecule has 1 aliphatic heterocycles. The molecule has 1 aromatic carbocycles. The average molecular weight is 335 g/mol. The van der Waals surface area contributed by atoms with Crippen LogP contribution in [-0.4, -0.2) is 38.2 Å². The molecule has 5 heteroatoms. The molecule has 2 atom stereocenters. The van der Waals surface area contributed by atoms with Crippen LogP contribution in [0.5, 0.6) is 0 Å². The summed E-state index contributed by atoms with van der Waals surface area (Å²) in [5, 5.41) is 11.2. The van der Waals surface area contributed by atoms with Crippen molar-refractivity contribution in [3.63, 3.8) is 0 Å². The molecule has 1 aliphatic rings. The molecule has 0 bridgehead atoms. The van der Waals surface area contributed by atoms with Crippen LogP contribution in [0.25, 0.3) is 10.9 Å². The third-order valence-electron chi connectivity index (χ3n) is 4.51. The number of aliphatic hydroxyl groups is 1. The Balaban J connectivity index is 2.14. The highest BCUT2D eigenvalue weighted by Crippen LogP contribution is 2.40. The fourth-order valence-electron chi connectivity index (χ4n) is 3.54. The summed E-state index contributed by atoms with van der Waals surface area (Å²) in [7, 11) is 0. The molecule has 3 rings (SSSR count). The monoisotopic (exact) mass is 334 g/mol. The molecule has 0 unspecified atom stereocenters. The van der Waals surface area contributed by atoms with Gasteiger partial charge in [-0.25, -0.2) is 0 Å². The zero-order chi connectivity index (χ0) is 15.7. The maximum absolute atomic E-state index is 9.91. The van der Waals surface area contributed by atoms with Crippen molar-refractivity contribution in [1.29, 1.82) is 0 Å². The highest BCUT2D eigenvalue weighted by molar-refractivity contribution is 8.22. The zero-order valence-electron chi connectivity index (χ0n) is 13.0. The van der Waals surface area contributed by atoms with Crippen molar-refractivity contribution in [2.75, 3.05) is 12.9 Å². The van der Waals surface area contributed by atoms with Gasteiger partial charge in [0.25, 0.3) is 0 Å². The SMILES string of the molecule is CCC[C@H]1c2[nH]c3ccccc3c2C[C@H](CO)N1C(=S)SC. The number of thiocarbonyl (C=S) groups is 1. The molecule has 22 heavy (non-hydrogen) atoms. The first-order valence-corrected chi connectivity index (χ1v) is 9.41. The predicted octanol–water partition coefficient (Wildman–Crippen LogP) is 3.88. The predicted molar refractivity (Wildman–Crippen MR) is 98.5 cm³/mol. The number of hydrogen-bond acceptors (Lipinski definition) is 3. The van der Waals surface area contributed by atoms with Crippen LogP contribution in [0.4, 0.5) is 0 Å². The Bertz CT molecular complexity index is 682. The number of para-hydroxylation sites is 1. The summed E-state index contributed by atoms with van der Waals surface area (Å²) in [5.74, 6) is 0. The van der Waals surface area contributed by atoms with E-state index in [1.807, 2.05) is 6.26 Å². The number of hydrogen-bond donors (Lipinski definition) is 2. The smallest absolute Gasteiger partial charge is 0.137 e. The minimum atomic E-state index is 0.0724. The largest absolute Gasteiger partial charge is 0.394 e. The van der Waals surface area contributed by atoms with Crippen LogP contribution in [-0.2, 0) is 6.42 Å². The fraction of sp³-hybridized carbons (Fsp3) is 0.471. The van der Waals surface area contributed by atoms with Gasteiger partial charge in [-0.15, -0.1) is 11.8 Å². The number of aromatic amines is 1. The van der Waals surface area contributed by atoms with Crippen molar-refractivity contribution < 1.29 is 5.11 Å². The number of nitrogens with zero attached hydrogens (tertiary/aromatic N) is 1. The lowest BCUT2D eigenvalue weighted by Crippen LogP contribution is -2.47. The second-order valence-electron chi connectivity index (χ2n) is 5.79. The minimum Gasteiger partial charge on any atom is -0.394 e. The molecular weight excluding hydrogens is 312 g/mol. The normalized spacial score (nSPS) is 21.1. The number of H-pyrrole nitrogens is 1. The number of aliphatic hydroxyl groups excluding tert-OH is 1. The molecule has 0 saturated heterocycles. The molecule has 3 nitrogen and oxygen atoms in total. The molecule has 0 fully saturated rings. The van der Waals surface area contributed by atoms with E-state index in [1.165, 1.54) is 22.2 Å². The molecule has 0 radical (unpaired) electrons. The van der Waals surface area contributed by atoms with E-state index in [9.17, 15) is 5.11 Å². The van der Waals surface area contributed by atoms with E-state index in [0.29, 0.717) is 0 Å². The zero-order valence-corrected chi connectivity index (χ0v) is 14.6. The molecule has 0 amide bonds. The van der Waals surface area contributed by atoms with Crippen LogP contribution in [0.1, 0.15) is 37.1 Å². The summed E-state index contributed by atoms with van der Waals surface area (Å²) >= 11 is 7.18. The van der Waals surface area contributed by atoms with E-state index in [4.69, 9.17) is 12.2 Å². The Labute approximate surface area is 141 Å². The van der Waals surface area contributed by atoms with Gasteiger partial charge in [0.05, 0.1) is 18.7 Å². The maximum Gasteiger partial charge on any atom is 0.137 e. The lowest BCUT2D eigenvalue weighted by Gasteiger charge is -2.42. The Morgan fingerprint density at radius 1 is 1.45 bits per heavy atom. The molecule has 118 valence electrons. The van der Waals surface area contributed by atoms with E-state index in [2.05, 4.69) is 41.1 Å². The number of benzene rings is 1. The molecule has 2 N–H and O–H groups in total. The van der Waals surface area contributed by atoms with Gasteiger partial charge in [0, 0.05) is 16.6 Å². The van der Waals surface area contributed by atoms with Gasteiger partial charge in [-0.05, 0) is 30.7 Å². The topological polar surface area (TPSA) is 39.3 Å². The van der Waals surface area contributed by atoms with Gasteiger partial charge in [-0.2, -0.15) is 0 Å². The fourth-order valence-corrected chi connectivity index (χ4v) is 4.31. The van der Waals surface area contributed by atoms with Gasteiger partial charge >= 0.3 is 0 Å². The Hall–Kier alpha value is -1.04. The van der Waals surface area contributed by atoms with Crippen molar-refractivity contribution in [2.45, 2.75) is 38.3 Å². The van der Waals surface area contributed by atoms with Gasteiger partial charge in [-0.3, -0.25) is 0 Å². The quantitative estimate of drug-likeness (QED) is 0.836. The van der Waals surface area contributed by atoms with Gasteiger partial charge < -0.3 is 15.0 Å². The number of thioether (sulfide) groups is 1.